The highest BCUT2D eigenvalue weighted by Gasteiger charge is 2.19. The summed E-state index contributed by atoms with van der Waals surface area (Å²) in [6.07, 6.45) is 2.02. The zero-order valence-electron chi connectivity index (χ0n) is 17.5. The number of aromatic nitrogens is 2. The van der Waals surface area contributed by atoms with Crippen molar-refractivity contribution in [2.75, 3.05) is 32.6 Å². The molecular weight excluding hydrogens is 428 g/mol. The second-order valence-electron chi connectivity index (χ2n) is 7.18. The van der Waals surface area contributed by atoms with Crippen LogP contribution in [0.4, 0.5) is 5.13 Å². The first-order chi connectivity index (χ1) is 15.2. The Hall–Kier alpha value is -2.55. The Kier molecular flexibility index (Phi) is 7.11. The molecule has 1 aliphatic rings. The molecule has 0 bridgehead atoms. The van der Waals surface area contributed by atoms with Crippen molar-refractivity contribution < 1.29 is 9.53 Å². The van der Waals surface area contributed by atoms with E-state index in [0.29, 0.717) is 16.3 Å². The molecule has 0 saturated carbocycles. The lowest BCUT2D eigenvalue weighted by Crippen LogP contribution is -2.39. The third-order valence-corrected chi connectivity index (χ3v) is 6.50. The minimum absolute atomic E-state index is 0.0151. The normalized spacial score (nSPS) is 15.7. The molecule has 1 aliphatic heterocycles. The number of amidine groups is 1. The Morgan fingerprint density at radius 2 is 1.87 bits per heavy atom. The first-order valence-electron chi connectivity index (χ1n) is 10.1. The average molecular weight is 453 g/mol. The third-order valence-electron chi connectivity index (χ3n) is 5.16. The van der Waals surface area contributed by atoms with Gasteiger partial charge in [0.15, 0.2) is 16.8 Å². The number of aliphatic imine (C=N–C) groups is 1. The predicted molar refractivity (Wildman–Crippen MR) is 127 cm³/mol. The molecule has 0 radical (unpaired) electrons. The third kappa shape index (κ3) is 5.20. The van der Waals surface area contributed by atoms with Crippen LogP contribution in [-0.4, -0.2) is 57.8 Å². The van der Waals surface area contributed by atoms with Gasteiger partial charge in [-0.2, -0.15) is 9.37 Å². The summed E-state index contributed by atoms with van der Waals surface area (Å²) >= 11 is 2.91. The van der Waals surface area contributed by atoms with Crippen LogP contribution in [0.1, 0.15) is 40.2 Å². The summed E-state index contributed by atoms with van der Waals surface area (Å²) in [4.78, 5) is 24.4. The van der Waals surface area contributed by atoms with E-state index in [4.69, 9.17) is 9.73 Å². The number of ether oxygens (including phenoxy) is 1. The molecule has 1 unspecified atom stereocenters. The summed E-state index contributed by atoms with van der Waals surface area (Å²) in [6.45, 7) is 5.17. The molecule has 1 saturated heterocycles. The van der Waals surface area contributed by atoms with Crippen LogP contribution >= 0.6 is 23.3 Å². The summed E-state index contributed by atoms with van der Waals surface area (Å²) in [7, 11) is 0. The van der Waals surface area contributed by atoms with Crippen molar-refractivity contribution in [2.24, 2.45) is 4.99 Å². The van der Waals surface area contributed by atoms with Gasteiger partial charge in [-0.15, -0.1) is 0 Å². The topological polar surface area (TPSA) is 67.7 Å². The summed E-state index contributed by atoms with van der Waals surface area (Å²) < 4.78 is 9.97. The number of morpholine rings is 1. The van der Waals surface area contributed by atoms with Gasteiger partial charge < -0.3 is 9.64 Å². The van der Waals surface area contributed by atoms with Gasteiger partial charge in [0.25, 0.3) is 0 Å². The van der Waals surface area contributed by atoms with Crippen molar-refractivity contribution in [3.8, 4) is 0 Å². The molecule has 31 heavy (non-hydrogen) atoms. The lowest BCUT2D eigenvalue weighted by atomic mass is 9.95. The zero-order valence-corrected chi connectivity index (χ0v) is 19.2. The standard InChI is InChI=1S/C23H24N4O2S2/c1-16(18-9-6-10-19(15-18)20(28)17-7-4-3-5-8-17)21-24-22(31-26-21)25-23(30-2)27-11-13-29-14-12-27/h3-10,15-16H,11-14H2,1-2H3/b25-23-. The molecule has 1 fully saturated rings. The minimum atomic E-state index is -0.0372. The van der Waals surface area contributed by atoms with Crippen LogP contribution in [0.2, 0.25) is 0 Å². The van der Waals surface area contributed by atoms with Crippen LogP contribution < -0.4 is 0 Å². The lowest BCUT2D eigenvalue weighted by Gasteiger charge is -2.28. The number of nitrogens with zero attached hydrogens (tertiary/aromatic N) is 4. The van der Waals surface area contributed by atoms with Gasteiger partial charge in [-0.3, -0.25) is 4.79 Å². The molecule has 4 rings (SSSR count). The van der Waals surface area contributed by atoms with Gasteiger partial charge in [0.2, 0.25) is 5.13 Å². The molecular formula is C23H24N4O2S2. The minimum Gasteiger partial charge on any atom is -0.378 e. The second-order valence-corrected chi connectivity index (χ2v) is 8.68. The fourth-order valence-corrected chi connectivity index (χ4v) is 4.70. The molecule has 0 amide bonds. The summed E-state index contributed by atoms with van der Waals surface area (Å²) in [5.41, 5.74) is 2.36. The van der Waals surface area contributed by atoms with Gasteiger partial charge in [-0.05, 0) is 17.9 Å². The Morgan fingerprint density at radius 1 is 1.13 bits per heavy atom. The van der Waals surface area contributed by atoms with Crippen molar-refractivity contribution in [3.05, 3.63) is 77.1 Å². The quantitative estimate of drug-likeness (QED) is 0.320. The number of thioether (sulfide) groups is 1. The predicted octanol–water partition coefficient (Wildman–Crippen LogP) is 4.60. The molecule has 6 nitrogen and oxygen atoms in total. The molecule has 1 aromatic heterocycles. The first-order valence-corrected chi connectivity index (χ1v) is 12.1. The van der Waals surface area contributed by atoms with Crippen molar-refractivity contribution in [1.82, 2.24) is 14.3 Å². The molecule has 1 atom stereocenters. The van der Waals surface area contributed by atoms with Crippen LogP contribution in [0.25, 0.3) is 0 Å². The van der Waals surface area contributed by atoms with Gasteiger partial charge in [0, 0.05) is 41.7 Å². The molecule has 8 heteroatoms. The van der Waals surface area contributed by atoms with E-state index in [1.54, 1.807) is 11.8 Å². The highest BCUT2D eigenvalue weighted by Crippen LogP contribution is 2.28. The van der Waals surface area contributed by atoms with Crippen LogP contribution in [0.5, 0.6) is 0 Å². The van der Waals surface area contributed by atoms with Crippen molar-refractivity contribution >= 4 is 39.4 Å². The van der Waals surface area contributed by atoms with Gasteiger partial charge in [0.1, 0.15) is 0 Å². The Labute approximate surface area is 190 Å². The summed E-state index contributed by atoms with van der Waals surface area (Å²) in [5.74, 6) is 0.696. The van der Waals surface area contributed by atoms with Crippen LogP contribution in [0.15, 0.2) is 59.6 Å². The van der Waals surface area contributed by atoms with Gasteiger partial charge in [-0.1, -0.05) is 67.2 Å². The molecule has 2 aromatic carbocycles. The van der Waals surface area contributed by atoms with Gasteiger partial charge in [-0.25, -0.2) is 4.98 Å². The van der Waals surface area contributed by atoms with Crippen molar-refractivity contribution in [3.63, 3.8) is 0 Å². The number of hydrogen-bond acceptors (Lipinski definition) is 7. The first kappa shape index (κ1) is 21.7. The maximum Gasteiger partial charge on any atom is 0.231 e. The van der Waals surface area contributed by atoms with E-state index < -0.39 is 0 Å². The molecule has 0 aliphatic carbocycles. The molecule has 0 spiro atoms. The van der Waals surface area contributed by atoms with Gasteiger partial charge >= 0.3 is 0 Å². The summed E-state index contributed by atoms with van der Waals surface area (Å²) in [5, 5.41) is 1.59. The monoisotopic (exact) mass is 452 g/mol. The molecule has 0 N–H and O–H groups in total. The van der Waals surface area contributed by atoms with Gasteiger partial charge in [0.05, 0.1) is 13.2 Å². The van der Waals surface area contributed by atoms with E-state index in [1.807, 2.05) is 60.9 Å². The van der Waals surface area contributed by atoms with Crippen molar-refractivity contribution in [2.45, 2.75) is 12.8 Å². The van der Waals surface area contributed by atoms with Crippen LogP contribution in [-0.2, 0) is 4.74 Å². The molecule has 160 valence electrons. The molecule has 2 heterocycles. The lowest BCUT2D eigenvalue weighted by molar-refractivity contribution is 0.0694. The SMILES string of the molecule is CS/C(=N\c1nc(C(C)c2cccc(C(=O)c3ccccc3)c2)ns1)N1CCOCC1. The van der Waals surface area contributed by atoms with E-state index >= 15 is 0 Å². The number of carbonyl (C=O) groups excluding carboxylic acids is 1. The van der Waals surface area contributed by atoms with E-state index in [9.17, 15) is 4.79 Å². The largest absolute Gasteiger partial charge is 0.378 e. The average Bonchev–Trinajstić information content (AvgIpc) is 3.31. The van der Waals surface area contributed by atoms with E-state index in [1.165, 1.54) is 11.5 Å². The Bertz CT molecular complexity index is 1060. The number of carbonyl (C=O) groups is 1. The number of ketones is 1. The maximum atomic E-state index is 12.8. The van der Waals surface area contributed by atoms with Crippen LogP contribution in [0, 0.1) is 0 Å². The number of rotatable bonds is 5. The highest BCUT2D eigenvalue weighted by atomic mass is 32.2. The van der Waals surface area contributed by atoms with E-state index in [2.05, 4.69) is 21.2 Å². The number of benzene rings is 2. The Balaban J connectivity index is 1.53. The van der Waals surface area contributed by atoms with E-state index in [0.717, 1.165) is 42.9 Å². The molecule has 3 aromatic rings. The fraction of sp³-hybridized carbons (Fsp3) is 0.304. The summed E-state index contributed by atoms with van der Waals surface area (Å²) in [6, 6.07) is 17.0. The zero-order chi connectivity index (χ0) is 21.6. The second kappa shape index (κ2) is 10.2. The Morgan fingerprint density at radius 3 is 2.61 bits per heavy atom. The maximum absolute atomic E-state index is 12.8. The van der Waals surface area contributed by atoms with E-state index in [-0.39, 0.29) is 11.7 Å². The number of hydrogen-bond donors (Lipinski definition) is 0. The van der Waals surface area contributed by atoms with Crippen molar-refractivity contribution in [1.29, 1.82) is 0 Å². The smallest absolute Gasteiger partial charge is 0.231 e. The van der Waals surface area contributed by atoms with Crippen LogP contribution in [0.3, 0.4) is 0 Å². The fourth-order valence-electron chi connectivity index (χ4n) is 3.38. The highest BCUT2D eigenvalue weighted by molar-refractivity contribution is 8.13.